The number of hydrogen-bond acceptors (Lipinski definition) is 3. The fourth-order valence-electron chi connectivity index (χ4n) is 1.34. The minimum atomic E-state index is -1.17. The van der Waals surface area contributed by atoms with E-state index in [1.54, 1.807) is 24.3 Å². The van der Waals surface area contributed by atoms with Crippen LogP contribution in [0, 0.1) is 6.92 Å². The highest BCUT2D eigenvalue weighted by atomic mass is 16.5. The van der Waals surface area contributed by atoms with Crippen molar-refractivity contribution in [3.8, 4) is 5.75 Å². The summed E-state index contributed by atoms with van der Waals surface area (Å²) in [4.78, 5) is 21.7. The molecule has 0 bridgehead atoms. The fourth-order valence-corrected chi connectivity index (χ4v) is 1.34. The maximum absolute atomic E-state index is 11.4. The van der Waals surface area contributed by atoms with Crippen LogP contribution in [0.3, 0.4) is 0 Å². The van der Waals surface area contributed by atoms with Gasteiger partial charge in [0.1, 0.15) is 12.4 Å². The van der Waals surface area contributed by atoms with Crippen LogP contribution in [0.15, 0.2) is 43.0 Å². The summed E-state index contributed by atoms with van der Waals surface area (Å²) >= 11 is 0. The Kier molecular flexibility index (Phi) is 5.35. The molecule has 0 spiro atoms. The van der Waals surface area contributed by atoms with Crippen LogP contribution in [0.1, 0.15) is 5.56 Å². The molecular formula is C14H15NO4. The topological polar surface area (TPSA) is 75.6 Å². The van der Waals surface area contributed by atoms with E-state index in [0.29, 0.717) is 18.0 Å². The average molecular weight is 261 g/mol. The number of hydrogen-bond donors (Lipinski definition) is 2. The van der Waals surface area contributed by atoms with E-state index >= 15 is 0 Å². The van der Waals surface area contributed by atoms with Gasteiger partial charge in [0, 0.05) is 17.8 Å². The van der Waals surface area contributed by atoms with Crippen LogP contribution >= 0.6 is 0 Å². The summed E-state index contributed by atoms with van der Waals surface area (Å²) < 4.78 is 5.35. The molecule has 1 aromatic rings. The Morgan fingerprint density at radius 2 is 2.16 bits per heavy atom. The van der Waals surface area contributed by atoms with Crippen molar-refractivity contribution in [1.29, 1.82) is 0 Å². The van der Waals surface area contributed by atoms with Gasteiger partial charge in [-0.2, -0.15) is 0 Å². The second-order valence-electron chi connectivity index (χ2n) is 3.74. The highest BCUT2D eigenvalue weighted by Gasteiger charge is 2.03. The first kappa shape index (κ1) is 14.5. The third-order valence-electron chi connectivity index (χ3n) is 2.20. The molecule has 0 fully saturated rings. The maximum Gasteiger partial charge on any atom is 0.328 e. The zero-order chi connectivity index (χ0) is 14.3. The molecule has 0 saturated carbocycles. The van der Waals surface area contributed by atoms with Crippen molar-refractivity contribution in [3.63, 3.8) is 0 Å². The van der Waals surface area contributed by atoms with Gasteiger partial charge in [0.15, 0.2) is 0 Å². The van der Waals surface area contributed by atoms with Gasteiger partial charge in [-0.3, -0.25) is 4.79 Å². The predicted molar refractivity (Wildman–Crippen MR) is 72.3 cm³/mol. The summed E-state index contributed by atoms with van der Waals surface area (Å²) in [6.45, 7) is 5.78. The Morgan fingerprint density at radius 1 is 1.42 bits per heavy atom. The van der Waals surface area contributed by atoms with Gasteiger partial charge < -0.3 is 15.2 Å². The number of benzene rings is 1. The monoisotopic (exact) mass is 261 g/mol. The second-order valence-corrected chi connectivity index (χ2v) is 3.74. The number of carboxylic acid groups (broad SMARTS) is 1. The van der Waals surface area contributed by atoms with Gasteiger partial charge in [-0.05, 0) is 30.7 Å². The highest BCUT2D eigenvalue weighted by Crippen LogP contribution is 2.21. The molecular weight excluding hydrogens is 246 g/mol. The molecule has 0 aliphatic heterocycles. The van der Waals surface area contributed by atoms with Crippen molar-refractivity contribution >= 4 is 17.6 Å². The minimum absolute atomic E-state index is 0.409. The van der Waals surface area contributed by atoms with Crippen LogP contribution < -0.4 is 10.1 Å². The van der Waals surface area contributed by atoms with E-state index in [0.717, 1.165) is 17.7 Å². The standard InChI is InChI=1S/C14H15NO4/c1-3-8-19-11-4-5-12(10(2)9-11)15-13(16)6-7-14(17)18/h3-7,9H,1,8H2,2H3,(H,15,16)(H,17,18)/b7-6+. The Balaban J connectivity index is 2.71. The molecule has 0 unspecified atom stereocenters. The van der Waals surface area contributed by atoms with E-state index in [4.69, 9.17) is 9.84 Å². The summed E-state index contributed by atoms with van der Waals surface area (Å²) in [5, 5.41) is 11.0. The predicted octanol–water partition coefficient (Wildman–Crippen LogP) is 2.14. The number of carbonyl (C=O) groups is 2. The Bertz CT molecular complexity index is 520. The number of anilines is 1. The number of aliphatic carboxylic acids is 1. The van der Waals surface area contributed by atoms with Gasteiger partial charge in [-0.15, -0.1) is 0 Å². The van der Waals surface area contributed by atoms with Crippen LogP contribution in [-0.2, 0) is 9.59 Å². The first-order valence-corrected chi connectivity index (χ1v) is 5.59. The van der Waals surface area contributed by atoms with Crippen molar-refractivity contribution in [2.24, 2.45) is 0 Å². The fraction of sp³-hybridized carbons (Fsp3) is 0.143. The van der Waals surface area contributed by atoms with Crippen molar-refractivity contribution < 1.29 is 19.4 Å². The van der Waals surface area contributed by atoms with E-state index in [-0.39, 0.29) is 0 Å². The second kappa shape index (κ2) is 7.00. The van der Waals surface area contributed by atoms with Crippen LogP contribution in [0.2, 0.25) is 0 Å². The SMILES string of the molecule is C=CCOc1ccc(NC(=O)/C=C/C(=O)O)c(C)c1. The summed E-state index contributed by atoms with van der Waals surface area (Å²) in [6, 6.07) is 5.19. The zero-order valence-corrected chi connectivity index (χ0v) is 10.6. The van der Waals surface area contributed by atoms with Crippen molar-refractivity contribution in [2.75, 3.05) is 11.9 Å². The molecule has 0 radical (unpaired) electrons. The number of aryl methyl sites for hydroxylation is 1. The third kappa shape index (κ3) is 5.08. The average Bonchev–Trinajstić information content (AvgIpc) is 2.37. The molecule has 0 atom stereocenters. The van der Waals surface area contributed by atoms with Crippen LogP contribution in [0.4, 0.5) is 5.69 Å². The summed E-state index contributed by atoms with van der Waals surface area (Å²) in [7, 11) is 0. The Hall–Kier alpha value is -2.56. The van der Waals surface area contributed by atoms with E-state index < -0.39 is 11.9 Å². The lowest BCUT2D eigenvalue weighted by Crippen LogP contribution is -2.09. The molecule has 2 N–H and O–H groups in total. The number of carbonyl (C=O) groups excluding carboxylic acids is 1. The number of ether oxygens (including phenoxy) is 1. The van der Waals surface area contributed by atoms with Gasteiger partial charge in [-0.1, -0.05) is 12.7 Å². The summed E-state index contributed by atoms with van der Waals surface area (Å²) in [5.74, 6) is -0.984. The van der Waals surface area contributed by atoms with Gasteiger partial charge in [0.2, 0.25) is 5.91 Å². The summed E-state index contributed by atoms with van der Waals surface area (Å²) in [5.41, 5.74) is 1.42. The van der Waals surface area contributed by atoms with E-state index in [1.807, 2.05) is 6.92 Å². The first-order valence-electron chi connectivity index (χ1n) is 5.59. The normalized spacial score (nSPS) is 10.2. The number of nitrogens with one attached hydrogen (secondary N) is 1. The first-order chi connectivity index (χ1) is 9.02. The van der Waals surface area contributed by atoms with E-state index in [9.17, 15) is 9.59 Å². The van der Waals surface area contributed by atoms with Crippen LogP contribution in [-0.4, -0.2) is 23.6 Å². The Morgan fingerprint density at radius 3 is 2.74 bits per heavy atom. The van der Waals surface area contributed by atoms with E-state index in [1.165, 1.54) is 0 Å². The number of rotatable bonds is 6. The molecule has 5 heteroatoms. The Labute approximate surface area is 111 Å². The lowest BCUT2D eigenvalue weighted by molar-refractivity contribution is -0.131. The lowest BCUT2D eigenvalue weighted by Gasteiger charge is -2.09. The molecule has 1 amide bonds. The van der Waals surface area contributed by atoms with Gasteiger partial charge in [0.05, 0.1) is 0 Å². The quantitative estimate of drug-likeness (QED) is 0.607. The van der Waals surface area contributed by atoms with Gasteiger partial charge in [0.25, 0.3) is 0 Å². The molecule has 1 rings (SSSR count). The number of amides is 1. The molecule has 1 aromatic carbocycles. The lowest BCUT2D eigenvalue weighted by atomic mass is 10.2. The van der Waals surface area contributed by atoms with Crippen LogP contribution in [0.5, 0.6) is 5.75 Å². The smallest absolute Gasteiger partial charge is 0.328 e. The van der Waals surface area contributed by atoms with Crippen molar-refractivity contribution in [3.05, 3.63) is 48.6 Å². The highest BCUT2D eigenvalue weighted by molar-refractivity contribution is 6.02. The van der Waals surface area contributed by atoms with Crippen LogP contribution in [0.25, 0.3) is 0 Å². The molecule has 19 heavy (non-hydrogen) atoms. The molecule has 100 valence electrons. The summed E-state index contributed by atoms with van der Waals surface area (Å²) in [6.07, 6.45) is 3.39. The minimum Gasteiger partial charge on any atom is -0.490 e. The van der Waals surface area contributed by atoms with Gasteiger partial charge >= 0.3 is 5.97 Å². The molecule has 0 heterocycles. The molecule has 0 aromatic heterocycles. The van der Waals surface area contributed by atoms with Crippen molar-refractivity contribution in [1.82, 2.24) is 0 Å². The van der Waals surface area contributed by atoms with Crippen molar-refractivity contribution in [2.45, 2.75) is 6.92 Å². The van der Waals surface area contributed by atoms with E-state index in [2.05, 4.69) is 11.9 Å². The molecule has 0 aliphatic carbocycles. The number of carboxylic acids is 1. The maximum atomic E-state index is 11.4. The molecule has 0 saturated heterocycles. The molecule has 5 nitrogen and oxygen atoms in total. The van der Waals surface area contributed by atoms with Gasteiger partial charge in [-0.25, -0.2) is 4.79 Å². The largest absolute Gasteiger partial charge is 0.490 e. The molecule has 0 aliphatic rings. The third-order valence-corrected chi connectivity index (χ3v) is 2.20. The zero-order valence-electron chi connectivity index (χ0n) is 10.6.